The molecule has 1 amide bonds. The lowest BCUT2D eigenvalue weighted by molar-refractivity contribution is -0.154. The second kappa shape index (κ2) is 5.87. The molecule has 5 nitrogen and oxygen atoms in total. The number of carboxylic acid groups (broad SMARTS) is 1. The van der Waals surface area contributed by atoms with Gasteiger partial charge in [-0.05, 0) is 41.1 Å². The molecule has 102 valence electrons. The zero-order valence-electron chi connectivity index (χ0n) is 10.4. The lowest BCUT2D eigenvalue weighted by Crippen LogP contribution is -2.48. The molecule has 1 fully saturated rings. The van der Waals surface area contributed by atoms with Crippen LogP contribution < -0.4 is 0 Å². The van der Waals surface area contributed by atoms with Crippen LogP contribution in [0.2, 0.25) is 0 Å². The van der Waals surface area contributed by atoms with E-state index in [0.29, 0.717) is 12.1 Å². The number of benzene rings is 1. The molecule has 1 heterocycles. The molecule has 6 heteroatoms. The van der Waals surface area contributed by atoms with Crippen molar-refractivity contribution >= 4 is 34.5 Å². The molecule has 1 saturated heterocycles. The van der Waals surface area contributed by atoms with Crippen molar-refractivity contribution in [3.63, 3.8) is 0 Å². The highest BCUT2D eigenvalue weighted by Gasteiger charge is 2.30. The molecule has 0 spiro atoms. The molecule has 1 unspecified atom stereocenters. The summed E-state index contributed by atoms with van der Waals surface area (Å²) in [6.45, 7) is 2.72. The Morgan fingerprint density at radius 1 is 1.47 bits per heavy atom. The Kier molecular flexibility index (Phi) is 4.41. The summed E-state index contributed by atoms with van der Waals surface area (Å²) >= 11 is 2.14. The molecule has 0 aliphatic carbocycles. The van der Waals surface area contributed by atoms with Gasteiger partial charge in [-0.25, -0.2) is 4.79 Å². The summed E-state index contributed by atoms with van der Waals surface area (Å²) in [6, 6.07) is 5.54. The summed E-state index contributed by atoms with van der Waals surface area (Å²) in [5.41, 5.74) is 1.65. The van der Waals surface area contributed by atoms with Crippen LogP contribution in [-0.2, 0) is 9.53 Å². The normalized spacial score (nSPS) is 19.3. The minimum atomic E-state index is -1.03. The summed E-state index contributed by atoms with van der Waals surface area (Å²) < 4.78 is 6.02. The Labute approximate surface area is 124 Å². The highest BCUT2D eigenvalue weighted by molar-refractivity contribution is 14.1. The average Bonchev–Trinajstić information content (AvgIpc) is 2.41. The van der Waals surface area contributed by atoms with Gasteiger partial charge < -0.3 is 14.7 Å². The van der Waals surface area contributed by atoms with Crippen molar-refractivity contribution in [1.82, 2.24) is 4.90 Å². The number of carbonyl (C=O) groups excluding carboxylic acids is 1. The molecule has 1 aromatic rings. The van der Waals surface area contributed by atoms with Gasteiger partial charge in [0.15, 0.2) is 6.10 Å². The molecule has 1 N–H and O–H groups in total. The molecule has 0 saturated carbocycles. The summed E-state index contributed by atoms with van der Waals surface area (Å²) in [7, 11) is 0. The lowest BCUT2D eigenvalue weighted by atomic mass is 10.1. The van der Waals surface area contributed by atoms with E-state index in [0.717, 1.165) is 9.13 Å². The largest absolute Gasteiger partial charge is 0.479 e. The minimum absolute atomic E-state index is 0.0954. The molecule has 19 heavy (non-hydrogen) atoms. The standard InChI is InChI=1S/C13H14INO4/c1-8-3-2-4-9(11(8)14)12(16)15-5-6-19-10(7-15)13(17)18/h2-4,10H,5-7H2,1H3,(H,17,18). The number of rotatable bonds is 2. The summed E-state index contributed by atoms with van der Waals surface area (Å²) in [5.74, 6) is -1.17. The predicted molar refractivity (Wildman–Crippen MR) is 77.2 cm³/mol. The van der Waals surface area contributed by atoms with Gasteiger partial charge in [-0.15, -0.1) is 0 Å². The SMILES string of the molecule is Cc1cccc(C(=O)N2CCOC(C(=O)O)C2)c1I. The van der Waals surface area contributed by atoms with E-state index >= 15 is 0 Å². The number of carbonyl (C=O) groups is 2. The molecule has 1 aliphatic heterocycles. The van der Waals surface area contributed by atoms with Gasteiger partial charge in [0, 0.05) is 10.1 Å². The summed E-state index contributed by atoms with van der Waals surface area (Å²) in [4.78, 5) is 24.9. The highest BCUT2D eigenvalue weighted by atomic mass is 127. The summed E-state index contributed by atoms with van der Waals surface area (Å²) in [5, 5.41) is 8.94. The monoisotopic (exact) mass is 375 g/mol. The molecule has 1 atom stereocenters. The Hall–Kier alpha value is -1.15. The number of hydrogen-bond donors (Lipinski definition) is 1. The zero-order chi connectivity index (χ0) is 14.0. The van der Waals surface area contributed by atoms with Crippen LogP contribution >= 0.6 is 22.6 Å². The van der Waals surface area contributed by atoms with E-state index in [2.05, 4.69) is 22.6 Å². The Morgan fingerprint density at radius 3 is 2.89 bits per heavy atom. The molecule has 0 bridgehead atoms. The van der Waals surface area contributed by atoms with Gasteiger partial charge in [0.25, 0.3) is 5.91 Å². The van der Waals surface area contributed by atoms with Crippen LogP contribution in [0, 0.1) is 10.5 Å². The highest BCUT2D eigenvalue weighted by Crippen LogP contribution is 2.19. The minimum Gasteiger partial charge on any atom is -0.479 e. The van der Waals surface area contributed by atoms with Crippen LogP contribution in [0.4, 0.5) is 0 Å². The van der Waals surface area contributed by atoms with E-state index in [-0.39, 0.29) is 19.1 Å². The maximum Gasteiger partial charge on any atom is 0.334 e. The van der Waals surface area contributed by atoms with E-state index < -0.39 is 12.1 Å². The molecule has 0 aromatic heterocycles. The van der Waals surface area contributed by atoms with E-state index in [1.165, 1.54) is 0 Å². The van der Waals surface area contributed by atoms with Gasteiger partial charge in [-0.2, -0.15) is 0 Å². The van der Waals surface area contributed by atoms with Crippen LogP contribution in [0.1, 0.15) is 15.9 Å². The molecule has 1 aliphatic rings. The first-order valence-electron chi connectivity index (χ1n) is 5.89. The first kappa shape index (κ1) is 14.3. The van der Waals surface area contributed by atoms with Gasteiger partial charge in [0.1, 0.15) is 0 Å². The van der Waals surface area contributed by atoms with Crippen molar-refractivity contribution in [3.8, 4) is 0 Å². The summed E-state index contributed by atoms with van der Waals surface area (Å²) in [6.07, 6.45) is -0.930. The number of ether oxygens (including phenoxy) is 1. The van der Waals surface area contributed by atoms with Crippen LogP contribution in [0.3, 0.4) is 0 Å². The fourth-order valence-corrected chi connectivity index (χ4v) is 2.56. The fraction of sp³-hybridized carbons (Fsp3) is 0.385. The first-order valence-corrected chi connectivity index (χ1v) is 6.97. The van der Waals surface area contributed by atoms with Gasteiger partial charge in [-0.3, -0.25) is 4.79 Å². The number of morpholine rings is 1. The fourth-order valence-electron chi connectivity index (χ4n) is 1.97. The Bertz CT molecular complexity index is 517. The third-order valence-electron chi connectivity index (χ3n) is 3.05. The lowest BCUT2D eigenvalue weighted by Gasteiger charge is -2.31. The Balaban J connectivity index is 2.19. The van der Waals surface area contributed by atoms with Crippen LogP contribution in [0.15, 0.2) is 18.2 Å². The molecular weight excluding hydrogens is 361 g/mol. The average molecular weight is 375 g/mol. The topological polar surface area (TPSA) is 66.8 Å². The molecule has 1 aromatic carbocycles. The predicted octanol–water partition coefficient (Wildman–Crippen LogP) is 1.53. The van der Waals surface area contributed by atoms with E-state index in [1.54, 1.807) is 11.0 Å². The maximum absolute atomic E-state index is 12.4. The number of carboxylic acids is 1. The van der Waals surface area contributed by atoms with E-state index in [1.807, 2.05) is 19.1 Å². The maximum atomic E-state index is 12.4. The van der Waals surface area contributed by atoms with Crippen molar-refractivity contribution in [1.29, 1.82) is 0 Å². The van der Waals surface area contributed by atoms with E-state index in [9.17, 15) is 9.59 Å². The Morgan fingerprint density at radius 2 is 2.21 bits per heavy atom. The quantitative estimate of drug-likeness (QED) is 0.797. The van der Waals surface area contributed by atoms with Gasteiger partial charge in [0.2, 0.25) is 0 Å². The number of halogens is 1. The van der Waals surface area contributed by atoms with Crippen molar-refractivity contribution in [2.45, 2.75) is 13.0 Å². The smallest absolute Gasteiger partial charge is 0.334 e. The van der Waals surface area contributed by atoms with Crippen molar-refractivity contribution in [2.75, 3.05) is 19.7 Å². The number of hydrogen-bond acceptors (Lipinski definition) is 3. The van der Waals surface area contributed by atoms with Crippen LogP contribution in [0.25, 0.3) is 0 Å². The van der Waals surface area contributed by atoms with Crippen LogP contribution in [0.5, 0.6) is 0 Å². The first-order chi connectivity index (χ1) is 9.00. The second-order valence-electron chi connectivity index (χ2n) is 4.39. The van der Waals surface area contributed by atoms with Gasteiger partial charge >= 0.3 is 5.97 Å². The number of aliphatic carboxylic acids is 1. The van der Waals surface area contributed by atoms with Gasteiger partial charge in [0.05, 0.1) is 18.7 Å². The second-order valence-corrected chi connectivity index (χ2v) is 5.46. The van der Waals surface area contributed by atoms with E-state index in [4.69, 9.17) is 9.84 Å². The van der Waals surface area contributed by atoms with Gasteiger partial charge in [-0.1, -0.05) is 12.1 Å². The molecule has 0 radical (unpaired) electrons. The van der Waals surface area contributed by atoms with Crippen molar-refractivity contribution in [2.24, 2.45) is 0 Å². The van der Waals surface area contributed by atoms with Crippen LogP contribution in [-0.4, -0.2) is 47.7 Å². The zero-order valence-corrected chi connectivity index (χ0v) is 12.6. The molecule has 2 rings (SSSR count). The van der Waals surface area contributed by atoms with Crippen molar-refractivity contribution in [3.05, 3.63) is 32.9 Å². The number of aryl methyl sites for hydroxylation is 1. The third kappa shape index (κ3) is 3.06. The number of nitrogens with zero attached hydrogens (tertiary/aromatic N) is 1. The number of amides is 1. The molecular formula is C13H14INO4. The third-order valence-corrected chi connectivity index (χ3v) is 4.48. The van der Waals surface area contributed by atoms with Crippen molar-refractivity contribution < 1.29 is 19.4 Å².